The SMILES string of the molecule is CNc1ncc(C#Cc2cccc3c2SCCC3=O)c2cc(NC(=O)C3CC3)ncc12. The van der Waals surface area contributed by atoms with Crippen molar-refractivity contribution in [1.29, 1.82) is 0 Å². The molecule has 3 aromatic rings. The van der Waals surface area contributed by atoms with Gasteiger partial charge in [-0.05, 0) is 25.0 Å². The zero-order chi connectivity index (χ0) is 21.4. The maximum Gasteiger partial charge on any atom is 0.228 e. The van der Waals surface area contributed by atoms with Crippen LogP contribution in [-0.4, -0.2) is 34.5 Å². The highest BCUT2D eigenvalue weighted by Gasteiger charge is 2.29. The van der Waals surface area contributed by atoms with Gasteiger partial charge in [-0.25, -0.2) is 9.97 Å². The molecule has 0 radical (unpaired) electrons. The van der Waals surface area contributed by atoms with Crippen molar-refractivity contribution in [3.8, 4) is 11.8 Å². The Balaban J connectivity index is 1.57. The third-order valence-corrected chi connectivity index (χ3v) is 6.57. The average Bonchev–Trinajstić information content (AvgIpc) is 3.63. The molecule has 1 amide bonds. The molecule has 1 aliphatic heterocycles. The van der Waals surface area contributed by atoms with Crippen molar-refractivity contribution in [3.63, 3.8) is 0 Å². The number of ketones is 1. The molecule has 154 valence electrons. The van der Waals surface area contributed by atoms with Crippen molar-refractivity contribution >= 4 is 45.9 Å². The molecular weight excluding hydrogens is 408 g/mol. The Morgan fingerprint density at radius 3 is 2.77 bits per heavy atom. The number of Topliss-reactive ketones (excluding diaryl/α,β-unsaturated/α-hetero) is 1. The first-order valence-corrected chi connectivity index (χ1v) is 11.2. The van der Waals surface area contributed by atoms with E-state index in [-0.39, 0.29) is 17.6 Å². The van der Waals surface area contributed by atoms with Gasteiger partial charge in [-0.2, -0.15) is 0 Å². The fraction of sp³-hybridized carbons (Fsp3) is 0.250. The van der Waals surface area contributed by atoms with E-state index in [0.29, 0.717) is 18.1 Å². The summed E-state index contributed by atoms with van der Waals surface area (Å²) in [5.74, 6) is 8.75. The third kappa shape index (κ3) is 3.87. The number of carbonyl (C=O) groups excluding carboxylic acids is 2. The number of thioether (sulfide) groups is 1. The van der Waals surface area contributed by atoms with Gasteiger partial charge in [0, 0.05) is 64.3 Å². The van der Waals surface area contributed by atoms with E-state index in [1.807, 2.05) is 24.3 Å². The molecule has 2 aliphatic rings. The van der Waals surface area contributed by atoms with Crippen LogP contribution in [0, 0.1) is 17.8 Å². The summed E-state index contributed by atoms with van der Waals surface area (Å²) in [6.07, 6.45) is 5.87. The quantitative estimate of drug-likeness (QED) is 0.611. The van der Waals surface area contributed by atoms with Gasteiger partial charge in [-0.3, -0.25) is 9.59 Å². The molecule has 2 N–H and O–H groups in total. The summed E-state index contributed by atoms with van der Waals surface area (Å²) in [5, 5.41) is 7.67. The Kier molecular flexibility index (Phi) is 5.08. The number of rotatable bonds is 3. The van der Waals surface area contributed by atoms with Crippen LogP contribution in [0.1, 0.15) is 40.7 Å². The Bertz CT molecular complexity index is 1290. The second kappa shape index (κ2) is 8.05. The number of amides is 1. The van der Waals surface area contributed by atoms with Crippen LogP contribution in [0.2, 0.25) is 0 Å². The minimum atomic E-state index is 0.0139. The summed E-state index contributed by atoms with van der Waals surface area (Å²) in [6.45, 7) is 0. The first kappa shape index (κ1) is 19.6. The summed E-state index contributed by atoms with van der Waals surface area (Å²) in [5.41, 5.74) is 2.34. The van der Waals surface area contributed by atoms with Gasteiger partial charge in [0.15, 0.2) is 5.78 Å². The average molecular weight is 429 g/mol. The normalized spacial score (nSPS) is 15.1. The summed E-state index contributed by atoms with van der Waals surface area (Å²) >= 11 is 1.68. The van der Waals surface area contributed by atoms with Gasteiger partial charge < -0.3 is 10.6 Å². The predicted molar refractivity (Wildman–Crippen MR) is 123 cm³/mol. The largest absolute Gasteiger partial charge is 0.373 e. The second-order valence-corrected chi connectivity index (χ2v) is 8.71. The number of nitrogens with zero attached hydrogens (tertiary/aromatic N) is 2. The molecule has 2 aromatic heterocycles. The highest BCUT2D eigenvalue weighted by Crippen LogP contribution is 2.33. The Morgan fingerprint density at radius 1 is 1.13 bits per heavy atom. The van der Waals surface area contributed by atoms with Crippen molar-refractivity contribution in [2.75, 3.05) is 23.4 Å². The van der Waals surface area contributed by atoms with E-state index in [1.165, 1.54) is 0 Å². The minimum absolute atomic E-state index is 0.0139. The number of anilines is 2. The topological polar surface area (TPSA) is 84.0 Å². The highest BCUT2D eigenvalue weighted by atomic mass is 32.2. The molecule has 7 heteroatoms. The van der Waals surface area contributed by atoms with Crippen molar-refractivity contribution < 1.29 is 9.59 Å². The zero-order valence-corrected chi connectivity index (χ0v) is 17.8. The fourth-order valence-electron chi connectivity index (χ4n) is 3.60. The molecule has 0 saturated heterocycles. The first-order chi connectivity index (χ1) is 15.1. The van der Waals surface area contributed by atoms with Crippen LogP contribution in [0.3, 0.4) is 0 Å². The lowest BCUT2D eigenvalue weighted by molar-refractivity contribution is -0.117. The van der Waals surface area contributed by atoms with E-state index in [4.69, 9.17) is 0 Å². The van der Waals surface area contributed by atoms with Gasteiger partial charge in [0.2, 0.25) is 5.91 Å². The van der Waals surface area contributed by atoms with E-state index < -0.39 is 0 Å². The van der Waals surface area contributed by atoms with Gasteiger partial charge in [0.05, 0.1) is 5.56 Å². The van der Waals surface area contributed by atoms with Gasteiger partial charge in [-0.15, -0.1) is 11.8 Å². The Hall–Kier alpha value is -3.37. The second-order valence-electron chi connectivity index (χ2n) is 7.60. The first-order valence-electron chi connectivity index (χ1n) is 10.2. The zero-order valence-electron chi connectivity index (χ0n) is 17.0. The van der Waals surface area contributed by atoms with Gasteiger partial charge >= 0.3 is 0 Å². The lowest BCUT2D eigenvalue weighted by atomic mass is 10.0. The summed E-state index contributed by atoms with van der Waals surface area (Å²) in [4.78, 5) is 34.2. The van der Waals surface area contributed by atoms with E-state index >= 15 is 0 Å². The van der Waals surface area contributed by atoms with Crippen LogP contribution in [-0.2, 0) is 4.79 Å². The number of hydrogen-bond acceptors (Lipinski definition) is 6. The predicted octanol–water partition coefficient (Wildman–Crippen LogP) is 4.10. The van der Waals surface area contributed by atoms with Crippen LogP contribution in [0.5, 0.6) is 0 Å². The van der Waals surface area contributed by atoms with Crippen LogP contribution < -0.4 is 10.6 Å². The summed E-state index contributed by atoms with van der Waals surface area (Å²) in [6, 6.07) is 7.54. The van der Waals surface area contributed by atoms with Gasteiger partial charge in [0.25, 0.3) is 0 Å². The lowest BCUT2D eigenvalue weighted by Gasteiger charge is -2.15. The number of aromatic nitrogens is 2. The molecule has 1 aliphatic carbocycles. The van der Waals surface area contributed by atoms with Crippen molar-refractivity contribution in [2.45, 2.75) is 24.2 Å². The molecule has 6 nitrogen and oxygen atoms in total. The van der Waals surface area contributed by atoms with Crippen LogP contribution >= 0.6 is 11.8 Å². The maximum absolute atomic E-state index is 12.2. The van der Waals surface area contributed by atoms with Gasteiger partial charge in [-0.1, -0.05) is 24.0 Å². The lowest BCUT2D eigenvalue weighted by Crippen LogP contribution is -2.14. The van der Waals surface area contributed by atoms with E-state index in [9.17, 15) is 9.59 Å². The van der Waals surface area contributed by atoms with Crippen molar-refractivity contribution in [1.82, 2.24) is 9.97 Å². The van der Waals surface area contributed by atoms with E-state index in [2.05, 4.69) is 32.4 Å². The molecule has 0 unspecified atom stereocenters. The van der Waals surface area contributed by atoms with Gasteiger partial charge in [0.1, 0.15) is 11.6 Å². The highest BCUT2D eigenvalue weighted by molar-refractivity contribution is 7.99. The van der Waals surface area contributed by atoms with Crippen LogP contribution in [0.4, 0.5) is 11.6 Å². The molecule has 1 saturated carbocycles. The number of pyridine rings is 2. The minimum Gasteiger partial charge on any atom is -0.373 e. The molecule has 0 bridgehead atoms. The molecule has 1 aromatic carbocycles. The summed E-state index contributed by atoms with van der Waals surface area (Å²) < 4.78 is 0. The summed E-state index contributed by atoms with van der Waals surface area (Å²) in [7, 11) is 1.81. The standard InChI is InChI=1S/C24H20N4O2S/c1-25-23-19-13-26-21(28-24(30)15-6-7-15)11-18(19)16(12-27-23)8-5-14-3-2-4-17-20(29)9-10-31-22(14)17/h2-4,11-13,15H,6-7,9-10H2,1H3,(H,25,27)(H,26,28,30). The fourth-order valence-corrected chi connectivity index (χ4v) is 4.71. The molecule has 5 rings (SSSR count). The smallest absolute Gasteiger partial charge is 0.228 e. The van der Waals surface area contributed by atoms with Crippen LogP contribution in [0.25, 0.3) is 10.8 Å². The molecule has 1 fully saturated rings. The monoisotopic (exact) mass is 428 g/mol. The molecule has 3 heterocycles. The Labute approximate surface area is 184 Å². The Morgan fingerprint density at radius 2 is 1.97 bits per heavy atom. The number of nitrogens with one attached hydrogen (secondary N) is 2. The van der Waals surface area contributed by atoms with Crippen molar-refractivity contribution in [3.05, 3.63) is 53.3 Å². The number of carbonyl (C=O) groups is 2. The number of hydrogen-bond donors (Lipinski definition) is 2. The van der Waals surface area contributed by atoms with E-state index in [0.717, 1.165) is 51.0 Å². The molecule has 0 atom stereocenters. The van der Waals surface area contributed by atoms with E-state index in [1.54, 1.807) is 31.2 Å². The molecule has 31 heavy (non-hydrogen) atoms. The van der Waals surface area contributed by atoms with Crippen molar-refractivity contribution in [2.24, 2.45) is 5.92 Å². The number of benzene rings is 1. The maximum atomic E-state index is 12.2. The molecule has 0 spiro atoms. The molecular formula is C24H20N4O2S. The number of fused-ring (bicyclic) bond motifs is 2. The van der Waals surface area contributed by atoms with Crippen LogP contribution in [0.15, 0.2) is 41.6 Å². The third-order valence-electron chi connectivity index (χ3n) is 5.43.